The maximum Gasteiger partial charge on any atom is 0.367 e. The third-order valence-electron chi connectivity index (χ3n) is 2.02. The first-order valence-corrected chi connectivity index (χ1v) is 6.59. The Balaban J connectivity index is 2.51. The van der Waals surface area contributed by atoms with Crippen LogP contribution < -0.4 is 5.32 Å². The Morgan fingerprint density at radius 1 is 1.56 bits per heavy atom. The molecule has 0 aliphatic heterocycles. The van der Waals surface area contributed by atoms with Gasteiger partial charge in [0, 0.05) is 11.9 Å². The van der Waals surface area contributed by atoms with Crippen molar-refractivity contribution in [3.05, 3.63) is 28.2 Å². The van der Waals surface area contributed by atoms with Crippen molar-refractivity contribution < 1.29 is 14.3 Å². The number of thiazole rings is 1. The maximum atomic E-state index is 11.7. The highest BCUT2D eigenvalue weighted by Crippen LogP contribution is 2.11. The van der Waals surface area contributed by atoms with Gasteiger partial charge in [0.2, 0.25) is 5.01 Å². The fourth-order valence-corrected chi connectivity index (χ4v) is 1.88. The van der Waals surface area contributed by atoms with Gasteiger partial charge in [-0.15, -0.1) is 11.3 Å². The summed E-state index contributed by atoms with van der Waals surface area (Å²) in [6.07, 6.45) is 4.66. The van der Waals surface area contributed by atoms with Gasteiger partial charge < -0.3 is 10.1 Å². The van der Waals surface area contributed by atoms with Crippen LogP contribution in [-0.4, -0.2) is 30.0 Å². The van der Waals surface area contributed by atoms with E-state index in [0.29, 0.717) is 13.2 Å². The van der Waals surface area contributed by atoms with Crippen LogP contribution in [0, 0.1) is 0 Å². The van der Waals surface area contributed by atoms with E-state index in [9.17, 15) is 9.59 Å². The molecule has 0 saturated carbocycles. The molecular weight excluding hydrogens is 252 g/mol. The van der Waals surface area contributed by atoms with Gasteiger partial charge in [0.15, 0.2) is 0 Å². The van der Waals surface area contributed by atoms with E-state index in [4.69, 9.17) is 4.74 Å². The van der Waals surface area contributed by atoms with Gasteiger partial charge in [-0.1, -0.05) is 12.2 Å². The Morgan fingerprint density at radius 2 is 2.33 bits per heavy atom. The van der Waals surface area contributed by atoms with E-state index in [-0.39, 0.29) is 16.6 Å². The summed E-state index contributed by atoms with van der Waals surface area (Å²) in [5.41, 5.74) is 0.253. The average Bonchev–Trinajstić information content (AvgIpc) is 2.84. The van der Waals surface area contributed by atoms with E-state index in [1.807, 2.05) is 19.1 Å². The smallest absolute Gasteiger partial charge is 0.367 e. The SMILES string of the molecule is C/C=C/CCNC(=O)c1csc(C(=O)OCC)n1. The van der Waals surface area contributed by atoms with Gasteiger partial charge in [-0.25, -0.2) is 9.78 Å². The van der Waals surface area contributed by atoms with Crippen molar-refractivity contribution >= 4 is 23.2 Å². The van der Waals surface area contributed by atoms with Gasteiger partial charge in [0.25, 0.3) is 5.91 Å². The minimum absolute atomic E-state index is 0.204. The molecule has 0 unspecified atom stereocenters. The van der Waals surface area contributed by atoms with Crippen molar-refractivity contribution in [1.29, 1.82) is 0 Å². The molecule has 1 heterocycles. The fourth-order valence-electron chi connectivity index (χ4n) is 1.19. The predicted molar refractivity (Wildman–Crippen MR) is 69.8 cm³/mol. The van der Waals surface area contributed by atoms with Gasteiger partial charge in [0.05, 0.1) is 6.61 Å². The lowest BCUT2D eigenvalue weighted by Crippen LogP contribution is -2.24. The molecule has 1 aromatic rings. The number of carbonyl (C=O) groups excluding carboxylic acids is 2. The number of hydrogen-bond acceptors (Lipinski definition) is 5. The average molecular weight is 268 g/mol. The molecule has 0 atom stereocenters. The molecular formula is C12H16N2O3S. The molecule has 1 rings (SSSR count). The Kier molecular flexibility index (Phi) is 6.07. The van der Waals surface area contributed by atoms with Crippen LogP contribution in [0.2, 0.25) is 0 Å². The van der Waals surface area contributed by atoms with Crippen molar-refractivity contribution in [2.24, 2.45) is 0 Å². The molecule has 1 aromatic heterocycles. The number of rotatable bonds is 6. The summed E-state index contributed by atoms with van der Waals surface area (Å²) in [5.74, 6) is -0.762. The Morgan fingerprint density at radius 3 is 3.00 bits per heavy atom. The lowest BCUT2D eigenvalue weighted by atomic mass is 10.3. The zero-order valence-electron chi connectivity index (χ0n) is 10.4. The Hall–Kier alpha value is -1.69. The van der Waals surface area contributed by atoms with E-state index in [1.54, 1.807) is 12.3 Å². The minimum Gasteiger partial charge on any atom is -0.461 e. The lowest BCUT2D eigenvalue weighted by molar-refractivity contribution is 0.0526. The summed E-state index contributed by atoms with van der Waals surface area (Å²) in [4.78, 5) is 27.0. The van der Waals surface area contributed by atoms with E-state index in [1.165, 1.54) is 0 Å². The zero-order chi connectivity index (χ0) is 13.4. The summed E-state index contributed by atoms with van der Waals surface area (Å²) in [6.45, 7) is 4.49. The highest BCUT2D eigenvalue weighted by Gasteiger charge is 2.15. The molecule has 98 valence electrons. The van der Waals surface area contributed by atoms with Gasteiger partial charge in [-0.2, -0.15) is 0 Å². The van der Waals surface area contributed by atoms with E-state index < -0.39 is 5.97 Å². The first-order chi connectivity index (χ1) is 8.69. The van der Waals surface area contributed by atoms with Gasteiger partial charge >= 0.3 is 5.97 Å². The summed E-state index contributed by atoms with van der Waals surface area (Å²) < 4.78 is 4.80. The van der Waals surface area contributed by atoms with Gasteiger partial charge in [-0.3, -0.25) is 4.79 Å². The number of aromatic nitrogens is 1. The molecule has 1 amide bonds. The summed E-state index contributed by atoms with van der Waals surface area (Å²) in [6, 6.07) is 0. The third-order valence-corrected chi connectivity index (χ3v) is 2.84. The van der Waals surface area contributed by atoms with Crippen molar-refractivity contribution in [3.8, 4) is 0 Å². The largest absolute Gasteiger partial charge is 0.461 e. The predicted octanol–water partition coefficient (Wildman–Crippen LogP) is 2.02. The Labute approximate surface area is 110 Å². The molecule has 0 spiro atoms. The fraction of sp³-hybridized carbons (Fsp3) is 0.417. The van der Waals surface area contributed by atoms with Crippen LogP contribution in [-0.2, 0) is 4.74 Å². The molecule has 18 heavy (non-hydrogen) atoms. The van der Waals surface area contributed by atoms with Crippen molar-refractivity contribution in [2.75, 3.05) is 13.2 Å². The van der Waals surface area contributed by atoms with Gasteiger partial charge in [-0.05, 0) is 20.3 Å². The highest BCUT2D eigenvalue weighted by atomic mass is 32.1. The van der Waals surface area contributed by atoms with E-state index in [2.05, 4.69) is 10.3 Å². The topological polar surface area (TPSA) is 68.3 Å². The number of amides is 1. The molecule has 1 N–H and O–H groups in total. The first-order valence-electron chi connectivity index (χ1n) is 5.71. The molecule has 0 aromatic carbocycles. The maximum absolute atomic E-state index is 11.7. The van der Waals surface area contributed by atoms with Crippen molar-refractivity contribution in [3.63, 3.8) is 0 Å². The molecule has 0 saturated heterocycles. The molecule has 5 nitrogen and oxygen atoms in total. The number of carbonyl (C=O) groups is 2. The van der Waals surface area contributed by atoms with Crippen molar-refractivity contribution in [2.45, 2.75) is 20.3 Å². The summed E-state index contributed by atoms with van der Waals surface area (Å²) >= 11 is 1.11. The number of esters is 1. The van der Waals surface area contributed by atoms with Crippen LogP contribution in [0.1, 0.15) is 40.6 Å². The van der Waals surface area contributed by atoms with Crippen LogP contribution in [0.15, 0.2) is 17.5 Å². The number of nitrogens with zero attached hydrogens (tertiary/aromatic N) is 1. The van der Waals surface area contributed by atoms with Crippen LogP contribution in [0.5, 0.6) is 0 Å². The highest BCUT2D eigenvalue weighted by molar-refractivity contribution is 7.11. The molecule has 0 radical (unpaired) electrons. The lowest BCUT2D eigenvalue weighted by Gasteiger charge is -1.99. The van der Waals surface area contributed by atoms with E-state index >= 15 is 0 Å². The Bertz CT molecular complexity index is 440. The standard InChI is InChI=1S/C12H16N2O3S/c1-3-5-6-7-13-10(15)9-8-18-11(14-9)12(16)17-4-2/h3,5,8H,4,6-7H2,1-2H3,(H,13,15)/b5-3+. The summed E-state index contributed by atoms with van der Waals surface area (Å²) in [7, 11) is 0. The van der Waals surface area contributed by atoms with Crippen molar-refractivity contribution in [1.82, 2.24) is 10.3 Å². The normalized spacial score (nSPS) is 10.6. The van der Waals surface area contributed by atoms with Crippen LogP contribution in [0.4, 0.5) is 0 Å². The number of allylic oxidation sites excluding steroid dienone is 1. The first kappa shape index (κ1) is 14.4. The number of ether oxygens (including phenoxy) is 1. The summed E-state index contributed by atoms with van der Waals surface area (Å²) in [5, 5.41) is 4.48. The zero-order valence-corrected chi connectivity index (χ0v) is 11.3. The second-order valence-electron chi connectivity index (χ2n) is 3.37. The quantitative estimate of drug-likeness (QED) is 0.487. The second kappa shape index (κ2) is 7.60. The minimum atomic E-state index is -0.490. The molecule has 0 fully saturated rings. The van der Waals surface area contributed by atoms with Crippen LogP contribution in [0.3, 0.4) is 0 Å². The van der Waals surface area contributed by atoms with Crippen LogP contribution >= 0.6 is 11.3 Å². The third kappa shape index (κ3) is 4.29. The second-order valence-corrected chi connectivity index (χ2v) is 4.23. The monoisotopic (exact) mass is 268 g/mol. The number of hydrogen-bond donors (Lipinski definition) is 1. The molecule has 0 bridgehead atoms. The molecule has 0 aliphatic rings. The molecule has 0 aliphatic carbocycles. The molecule has 6 heteroatoms. The van der Waals surface area contributed by atoms with E-state index in [0.717, 1.165) is 17.8 Å². The van der Waals surface area contributed by atoms with Crippen LogP contribution in [0.25, 0.3) is 0 Å². The van der Waals surface area contributed by atoms with Gasteiger partial charge in [0.1, 0.15) is 5.69 Å². The number of nitrogens with one attached hydrogen (secondary N) is 1.